The summed E-state index contributed by atoms with van der Waals surface area (Å²) in [6.45, 7) is 0. The lowest BCUT2D eigenvalue weighted by Gasteiger charge is -2.37. The summed E-state index contributed by atoms with van der Waals surface area (Å²) in [5, 5.41) is 7.48. The first-order valence-electron chi connectivity index (χ1n) is 8.57. The molecule has 0 radical (unpaired) electrons. The van der Waals surface area contributed by atoms with Crippen molar-refractivity contribution in [3.05, 3.63) is 64.0 Å². The van der Waals surface area contributed by atoms with Crippen LogP contribution in [0.3, 0.4) is 0 Å². The van der Waals surface area contributed by atoms with Crippen molar-refractivity contribution in [1.82, 2.24) is 20.0 Å². The minimum Gasteiger partial charge on any atom is -0.351 e. The first-order chi connectivity index (χ1) is 13.8. The van der Waals surface area contributed by atoms with Crippen molar-refractivity contribution < 1.29 is 18.0 Å². The second-order valence-corrected chi connectivity index (χ2v) is 7.31. The molecule has 0 spiro atoms. The molecule has 1 aromatic carbocycles. The summed E-state index contributed by atoms with van der Waals surface area (Å²) >= 11 is 3.45. The van der Waals surface area contributed by atoms with Crippen LogP contribution in [0.25, 0.3) is 5.82 Å². The Hall–Kier alpha value is -2.95. The zero-order chi connectivity index (χ0) is 20.8. The molecule has 0 bridgehead atoms. The number of halogens is 4. The van der Waals surface area contributed by atoms with Crippen molar-refractivity contribution >= 4 is 27.6 Å². The molecular weight excluding hydrogens is 453 g/mol. The fraction of sp³-hybridized carbons (Fsp3) is 0.222. The van der Waals surface area contributed by atoms with Gasteiger partial charge in [0, 0.05) is 10.7 Å². The number of hydrogen-bond donors (Lipinski definition) is 1. The molecule has 3 aromatic rings. The number of urea groups is 1. The lowest BCUT2D eigenvalue weighted by atomic mass is 9.91. The molecule has 4 rings (SSSR count). The maximum atomic E-state index is 13.7. The Labute approximate surface area is 171 Å². The first-order valence-corrected chi connectivity index (χ1v) is 9.36. The molecule has 3 heterocycles. The minimum absolute atomic E-state index is 0.234. The van der Waals surface area contributed by atoms with E-state index in [9.17, 15) is 18.0 Å². The van der Waals surface area contributed by atoms with Crippen LogP contribution >= 0.6 is 15.9 Å². The van der Waals surface area contributed by atoms with Crippen molar-refractivity contribution in [2.75, 3.05) is 4.90 Å². The van der Waals surface area contributed by atoms with Crippen molar-refractivity contribution in [3.8, 4) is 5.82 Å². The van der Waals surface area contributed by atoms with Crippen molar-refractivity contribution in [2.45, 2.75) is 25.1 Å². The number of benzene rings is 1. The largest absolute Gasteiger partial charge is 0.420 e. The van der Waals surface area contributed by atoms with Crippen LogP contribution in [0.5, 0.6) is 0 Å². The number of pyridine rings is 1. The lowest BCUT2D eigenvalue weighted by Crippen LogP contribution is -2.42. The number of nitrogens with two attached hydrogens (primary N) is 1. The van der Waals surface area contributed by atoms with Gasteiger partial charge >= 0.3 is 12.2 Å². The van der Waals surface area contributed by atoms with Crippen molar-refractivity contribution in [2.24, 2.45) is 5.73 Å². The molecule has 2 aromatic heterocycles. The van der Waals surface area contributed by atoms with E-state index in [4.69, 9.17) is 5.73 Å². The topological polar surface area (TPSA) is 89.9 Å². The Balaban J connectivity index is 1.83. The van der Waals surface area contributed by atoms with Gasteiger partial charge in [0.1, 0.15) is 5.56 Å². The van der Waals surface area contributed by atoms with E-state index >= 15 is 0 Å². The average Bonchev–Trinajstić information content (AvgIpc) is 3.21. The third kappa shape index (κ3) is 3.46. The Morgan fingerprint density at radius 3 is 2.62 bits per heavy atom. The predicted molar refractivity (Wildman–Crippen MR) is 101 cm³/mol. The molecule has 2 N–H and O–H groups in total. The van der Waals surface area contributed by atoms with Gasteiger partial charge in [-0.1, -0.05) is 22.0 Å². The maximum Gasteiger partial charge on any atom is 0.420 e. The van der Waals surface area contributed by atoms with Gasteiger partial charge in [-0.3, -0.25) is 4.90 Å². The fourth-order valence-electron chi connectivity index (χ4n) is 3.54. The van der Waals surface area contributed by atoms with Gasteiger partial charge in [-0.2, -0.15) is 23.4 Å². The number of rotatable bonds is 2. The minimum atomic E-state index is -4.68. The number of anilines is 1. The number of primary amides is 1. The van der Waals surface area contributed by atoms with Gasteiger partial charge in [0.2, 0.25) is 0 Å². The summed E-state index contributed by atoms with van der Waals surface area (Å²) in [7, 11) is 0. The Bertz CT molecular complexity index is 1070. The van der Waals surface area contributed by atoms with E-state index < -0.39 is 29.6 Å². The molecule has 1 aliphatic heterocycles. The van der Waals surface area contributed by atoms with Crippen LogP contribution in [0.1, 0.15) is 29.2 Å². The van der Waals surface area contributed by atoms with Crippen molar-refractivity contribution in [3.63, 3.8) is 0 Å². The highest BCUT2D eigenvalue weighted by atomic mass is 79.9. The Morgan fingerprint density at radius 1 is 1.24 bits per heavy atom. The molecule has 11 heteroatoms. The zero-order valence-corrected chi connectivity index (χ0v) is 16.4. The molecule has 2 amide bonds. The molecular formula is C18H14BrF3N6O. The molecule has 0 aliphatic carbocycles. The summed E-state index contributed by atoms with van der Waals surface area (Å²) in [5.74, 6) is -0.434. The fourth-order valence-corrected chi connectivity index (χ4v) is 4.09. The zero-order valence-electron chi connectivity index (χ0n) is 14.8. The molecule has 7 nitrogen and oxygen atoms in total. The monoisotopic (exact) mass is 466 g/mol. The number of carbonyl (C=O) groups is 1. The number of alkyl halides is 3. The number of aromatic nitrogens is 4. The molecule has 1 unspecified atom stereocenters. The van der Waals surface area contributed by atoms with Crippen LogP contribution in [-0.2, 0) is 12.6 Å². The van der Waals surface area contributed by atoms with Crippen LogP contribution in [0.4, 0.5) is 23.7 Å². The second kappa shape index (κ2) is 7.14. The van der Waals surface area contributed by atoms with E-state index in [1.165, 1.54) is 23.5 Å². The first kappa shape index (κ1) is 19.4. The van der Waals surface area contributed by atoms with E-state index in [1.807, 2.05) is 6.07 Å². The number of fused-ring (bicyclic) bond motifs is 1. The standard InChI is InChI=1S/C18H14BrF3N6O/c19-13-2-1-3-15-11(13)4-5-14(27(15)17(23)29)10-8-12(18(20,21)22)16(24-9-10)28-25-6-7-26-28/h1-3,6-9,14H,4-5H2,(H2,23,29). The van der Waals surface area contributed by atoms with Crippen LogP contribution in [-0.4, -0.2) is 26.0 Å². The van der Waals surface area contributed by atoms with E-state index in [-0.39, 0.29) is 5.56 Å². The summed E-state index contributed by atoms with van der Waals surface area (Å²) in [4.78, 5) is 18.3. The Morgan fingerprint density at radius 2 is 1.97 bits per heavy atom. The third-order valence-corrected chi connectivity index (χ3v) is 5.50. The highest BCUT2D eigenvalue weighted by molar-refractivity contribution is 9.10. The van der Waals surface area contributed by atoms with Gasteiger partial charge in [0.15, 0.2) is 5.82 Å². The van der Waals surface area contributed by atoms with Gasteiger partial charge in [-0.15, -0.1) is 4.80 Å². The number of carbonyl (C=O) groups excluding carboxylic acids is 1. The molecule has 0 fully saturated rings. The molecule has 150 valence electrons. The van der Waals surface area contributed by atoms with Crippen LogP contribution in [0.2, 0.25) is 0 Å². The molecule has 1 aliphatic rings. The van der Waals surface area contributed by atoms with Gasteiger partial charge in [0.05, 0.1) is 24.1 Å². The van der Waals surface area contributed by atoms with Gasteiger partial charge in [-0.05, 0) is 42.2 Å². The number of hydrogen-bond acceptors (Lipinski definition) is 4. The van der Waals surface area contributed by atoms with E-state index in [1.54, 1.807) is 12.1 Å². The summed E-state index contributed by atoms with van der Waals surface area (Å²) in [6.07, 6.45) is 0.115. The number of amides is 2. The summed E-state index contributed by atoms with van der Waals surface area (Å²) < 4.78 is 42.0. The lowest BCUT2D eigenvalue weighted by molar-refractivity contribution is -0.137. The van der Waals surface area contributed by atoms with E-state index in [0.717, 1.165) is 20.9 Å². The van der Waals surface area contributed by atoms with Crippen molar-refractivity contribution in [1.29, 1.82) is 0 Å². The highest BCUT2D eigenvalue weighted by Gasteiger charge is 2.38. The predicted octanol–water partition coefficient (Wildman–Crippen LogP) is 4.02. The smallest absolute Gasteiger partial charge is 0.351 e. The van der Waals surface area contributed by atoms with Gasteiger partial charge < -0.3 is 5.73 Å². The van der Waals surface area contributed by atoms with E-state index in [2.05, 4.69) is 31.1 Å². The second-order valence-electron chi connectivity index (χ2n) is 6.46. The van der Waals surface area contributed by atoms with Crippen LogP contribution in [0.15, 0.2) is 47.3 Å². The van der Waals surface area contributed by atoms with Crippen LogP contribution in [0, 0.1) is 0 Å². The maximum absolute atomic E-state index is 13.7. The normalized spacial score (nSPS) is 16.6. The summed E-state index contributed by atoms with van der Waals surface area (Å²) in [6, 6.07) is 4.86. The molecule has 0 saturated heterocycles. The summed E-state index contributed by atoms with van der Waals surface area (Å²) in [5.41, 5.74) is 6.28. The highest BCUT2D eigenvalue weighted by Crippen LogP contribution is 2.42. The Kier molecular flexibility index (Phi) is 4.77. The van der Waals surface area contributed by atoms with Gasteiger partial charge in [-0.25, -0.2) is 9.78 Å². The van der Waals surface area contributed by atoms with E-state index in [0.29, 0.717) is 18.5 Å². The SMILES string of the molecule is NC(=O)N1c2cccc(Br)c2CCC1c1cnc(-n2nccn2)c(C(F)(F)F)c1. The third-order valence-electron chi connectivity index (χ3n) is 4.76. The average molecular weight is 467 g/mol. The number of nitrogens with zero attached hydrogens (tertiary/aromatic N) is 5. The van der Waals surface area contributed by atoms with Gasteiger partial charge in [0.25, 0.3) is 0 Å². The quantitative estimate of drug-likeness (QED) is 0.617. The molecule has 0 saturated carbocycles. The van der Waals surface area contributed by atoms with Crippen LogP contribution < -0.4 is 10.6 Å². The molecule has 29 heavy (non-hydrogen) atoms. The molecule has 1 atom stereocenters.